The van der Waals surface area contributed by atoms with Crippen molar-refractivity contribution in [2.45, 2.75) is 19.3 Å². The molecule has 3 N–H and O–H groups in total. The molecule has 1 aliphatic rings. The number of fused-ring (bicyclic) bond motifs is 1. The number of amides is 2. The van der Waals surface area contributed by atoms with Gasteiger partial charge in [-0.2, -0.15) is 0 Å². The van der Waals surface area contributed by atoms with Crippen LogP contribution in [0.25, 0.3) is 11.0 Å². The van der Waals surface area contributed by atoms with Gasteiger partial charge in [0.2, 0.25) is 5.91 Å². The summed E-state index contributed by atoms with van der Waals surface area (Å²) in [7, 11) is 0. The highest BCUT2D eigenvalue weighted by Gasteiger charge is 2.22. The van der Waals surface area contributed by atoms with Crippen LogP contribution in [0.1, 0.15) is 29.0 Å². The van der Waals surface area contributed by atoms with Crippen LogP contribution >= 0.6 is 0 Å². The second-order valence-corrected chi connectivity index (χ2v) is 7.89. The zero-order valence-electron chi connectivity index (χ0n) is 17.2. The number of hydrogen-bond donors (Lipinski definition) is 2. The minimum atomic E-state index is -0.465. The molecule has 1 saturated heterocycles. The Morgan fingerprint density at radius 3 is 2.48 bits per heavy atom. The molecule has 0 saturated carbocycles. The minimum Gasteiger partial charge on any atom is -0.451 e. The first-order valence-electron chi connectivity index (χ1n) is 10.4. The summed E-state index contributed by atoms with van der Waals surface area (Å²) in [5, 5.41) is 3.22. The van der Waals surface area contributed by atoms with Crippen LogP contribution in [0, 0.1) is 5.92 Å². The number of benzene rings is 2. The first-order chi connectivity index (χ1) is 15.0. The van der Waals surface area contributed by atoms with Gasteiger partial charge in [-0.1, -0.05) is 24.3 Å². The quantitative estimate of drug-likeness (QED) is 0.639. The fourth-order valence-electron chi connectivity index (χ4n) is 3.89. The molecule has 1 fully saturated rings. The molecule has 2 aromatic carbocycles. The van der Waals surface area contributed by atoms with Gasteiger partial charge in [-0.25, -0.2) is 0 Å². The van der Waals surface area contributed by atoms with Crippen LogP contribution in [0.5, 0.6) is 0 Å². The van der Waals surface area contributed by atoms with Gasteiger partial charge < -0.3 is 20.4 Å². The number of primary amides is 1. The summed E-state index contributed by atoms with van der Waals surface area (Å²) in [5.41, 5.74) is 7.31. The Kier molecular flexibility index (Phi) is 6.13. The first-order valence-corrected chi connectivity index (χ1v) is 10.4. The van der Waals surface area contributed by atoms with Crippen molar-refractivity contribution in [3.05, 3.63) is 76.1 Å². The third-order valence-corrected chi connectivity index (χ3v) is 5.78. The van der Waals surface area contributed by atoms with E-state index in [9.17, 15) is 14.4 Å². The lowest BCUT2D eigenvalue weighted by Gasteiger charge is -2.30. The number of carbonyl (C=O) groups is 2. The normalized spacial score (nSPS) is 15.1. The molecule has 2 heterocycles. The lowest BCUT2D eigenvalue weighted by molar-refractivity contribution is -0.123. The summed E-state index contributed by atoms with van der Waals surface area (Å²) in [4.78, 5) is 38.3. The highest BCUT2D eigenvalue weighted by atomic mass is 16.3. The van der Waals surface area contributed by atoms with Gasteiger partial charge in [0.15, 0.2) is 11.2 Å². The number of nitrogens with zero attached hydrogens (tertiary/aromatic N) is 1. The molecule has 7 nitrogen and oxygen atoms in total. The van der Waals surface area contributed by atoms with Gasteiger partial charge >= 0.3 is 0 Å². The van der Waals surface area contributed by atoms with Gasteiger partial charge in [0.1, 0.15) is 5.58 Å². The number of carbonyl (C=O) groups excluding carboxylic acids is 2. The monoisotopic (exact) mass is 419 g/mol. The molecule has 1 aliphatic heterocycles. The van der Waals surface area contributed by atoms with Crippen molar-refractivity contribution < 1.29 is 14.0 Å². The molecule has 0 atom stereocenters. The fraction of sp³-hybridized carbons (Fsp3) is 0.292. The van der Waals surface area contributed by atoms with E-state index in [-0.39, 0.29) is 23.0 Å². The zero-order chi connectivity index (χ0) is 21.8. The van der Waals surface area contributed by atoms with Gasteiger partial charge in [-0.05, 0) is 62.2 Å². The van der Waals surface area contributed by atoms with E-state index in [1.807, 2.05) is 24.3 Å². The Morgan fingerprint density at radius 1 is 1.06 bits per heavy atom. The molecule has 0 spiro atoms. The van der Waals surface area contributed by atoms with E-state index in [4.69, 9.17) is 10.2 Å². The summed E-state index contributed by atoms with van der Waals surface area (Å²) in [5.74, 6) is -0.675. The van der Waals surface area contributed by atoms with Gasteiger partial charge in [0.05, 0.1) is 5.39 Å². The van der Waals surface area contributed by atoms with Crippen LogP contribution in [-0.4, -0.2) is 36.3 Å². The number of rotatable bonds is 6. The molecule has 7 heteroatoms. The number of piperidine rings is 1. The third kappa shape index (κ3) is 5.00. The Labute approximate surface area is 179 Å². The minimum absolute atomic E-state index is 0.00572. The van der Waals surface area contributed by atoms with Gasteiger partial charge in [0, 0.05) is 24.2 Å². The summed E-state index contributed by atoms with van der Waals surface area (Å²) in [6.07, 6.45) is 2.53. The third-order valence-electron chi connectivity index (χ3n) is 5.78. The molecule has 160 valence electrons. The average molecular weight is 419 g/mol. The molecular weight excluding hydrogens is 394 g/mol. The Bertz CT molecular complexity index is 1150. The Morgan fingerprint density at radius 2 is 1.77 bits per heavy atom. The van der Waals surface area contributed by atoms with Crippen molar-refractivity contribution in [2.24, 2.45) is 11.7 Å². The van der Waals surface area contributed by atoms with E-state index in [1.54, 1.807) is 24.3 Å². The lowest BCUT2D eigenvalue weighted by Crippen LogP contribution is -2.39. The highest BCUT2D eigenvalue weighted by Crippen LogP contribution is 2.18. The predicted octanol–water partition coefficient (Wildman–Crippen LogP) is 2.79. The predicted molar refractivity (Wildman–Crippen MR) is 119 cm³/mol. The smallest absolute Gasteiger partial charge is 0.291 e. The molecule has 0 unspecified atom stereocenters. The zero-order valence-corrected chi connectivity index (χ0v) is 17.2. The van der Waals surface area contributed by atoms with Crippen LogP contribution < -0.4 is 16.5 Å². The van der Waals surface area contributed by atoms with Crippen molar-refractivity contribution in [1.82, 2.24) is 4.90 Å². The van der Waals surface area contributed by atoms with Crippen LogP contribution in [0.2, 0.25) is 0 Å². The molecule has 3 aromatic rings. The van der Waals surface area contributed by atoms with E-state index in [0.29, 0.717) is 16.7 Å². The number of nitrogens with two attached hydrogens (primary N) is 1. The fourth-order valence-corrected chi connectivity index (χ4v) is 3.89. The van der Waals surface area contributed by atoms with Crippen LogP contribution in [-0.2, 0) is 11.2 Å². The standard InChI is InChI=1S/C24H25N3O4/c25-23(29)17-10-13-27(14-11-17)12-9-16-5-7-18(8-6-16)26-24(30)22-15-20(28)19-3-1-2-4-21(19)31-22/h1-8,15,17H,9-14H2,(H2,25,29)(H,26,30). The van der Waals surface area contributed by atoms with E-state index >= 15 is 0 Å². The molecule has 4 rings (SSSR count). The van der Waals surface area contributed by atoms with Crippen LogP contribution in [0.15, 0.2) is 63.8 Å². The highest BCUT2D eigenvalue weighted by molar-refractivity contribution is 6.02. The molecule has 2 amide bonds. The van der Waals surface area contributed by atoms with Crippen LogP contribution in [0.4, 0.5) is 5.69 Å². The largest absolute Gasteiger partial charge is 0.451 e. The topological polar surface area (TPSA) is 106 Å². The molecule has 0 radical (unpaired) electrons. The maximum absolute atomic E-state index is 12.5. The number of likely N-dealkylation sites (tertiary alicyclic amines) is 1. The van der Waals surface area contributed by atoms with Crippen molar-refractivity contribution in [3.8, 4) is 0 Å². The number of para-hydroxylation sites is 1. The molecule has 0 bridgehead atoms. The van der Waals surface area contributed by atoms with Crippen molar-refractivity contribution in [1.29, 1.82) is 0 Å². The molecule has 31 heavy (non-hydrogen) atoms. The van der Waals surface area contributed by atoms with E-state index in [2.05, 4.69) is 10.2 Å². The molecule has 1 aromatic heterocycles. The van der Waals surface area contributed by atoms with Crippen molar-refractivity contribution in [2.75, 3.05) is 25.0 Å². The summed E-state index contributed by atoms with van der Waals surface area (Å²) >= 11 is 0. The molecular formula is C24H25N3O4. The Balaban J connectivity index is 1.33. The van der Waals surface area contributed by atoms with E-state index < -0.39 is 5.91 Å². The van der Waals surface area contributed by atoms with E-state index in [1.165, 1.54) is 6.07 Å². The summed E-state index contributed by atoms with van der Waals surface area (Å²) in [6.45, 7) is 2.69. The number of nitrogens with one attached hydrogen (secondary N) is 1. The van der Waals surface area contributed by atoms with Crippen molar-refractivity contribution in [3.63, 3.8) is 0 Å². The van der Waals surface area contributed by atoms with Crippen molar-refractivity contribution >= 4 is 28.5 Å². The average Bonchev–Trinajstić information content (AvgIpc) is 2.79. The molecule has 0 aliphatic carbocycles. The number of hydrogen-bond acceptors (Lipinski definition) is 5. The SMILES string of the molecule is NC(=O)C1CCN(CCc2ccc(NC(=O)c3cc(=O)c4ccccc4o3)cc2)CC1. The second kappa shape index (κ2) is 9.14. The maximum Gasteiger partial charge on any atom is 0.291 e. The van der Waals surface area contributed by atoms with Crippen LogP contribution in [0.3, 0.4) is 0 Å². The van der Waals surface area contributed by atoms with E-state index in [0.717, 1.165) is 44.5 Å². The maximum atomic E-state index is 12.5. The Hall–Kier alpha value is -3.45. The summed E-state index contributed by atoms with van der Waals surface area (Å²) < 4.78 is 5.58. The second-order valence-electron chi connectivity index (χ2n) is 7.89. The lowest BCUT2D eigenvalue weighted by atomic mass is 9.96. The summed E-state index contributed by atoms with van der Waals surface area (Å²) in [6, 6.07) is 15.7. The first kappa shape index (κ1) is 20.8. The van der Waals surface area contributed by atoms with Gasteiger partial charge in [-0.15, -0.1) is 0 Å². The van der Waals surface area contributed by atoms with Gasteiger partial charge in [-0.3, -0.25) is 14.4 Å². The number of anilines is 1. The van der Waals surface area contributed by atoms with Gasteiger partial charge in [0.25, 0.3) is 5.91 Å².